The van der Waals surface area contributed by atoms with Gasteiger partial charge in [-0.2, -0.15) is 0 Å². The fraction of sp³-hybridized carbons (Fsp3) is 0.909. The van der Waals surface area contributed by atoms with E-state index in [1.165, 1.54) is 0 Å². The van der Waals surface area contributed by atoms with E-state index < -0.39 is 0 Å². The van der Waals surface area contributed by atoms with Crippen LogP contribution in [0.15, 0.2) is 0 Å². The van der Waals surface area contributed by atoms with E-state index in [1.807, 2.05) is 0 Å². The average molecular weight is 186 g/mol. The van der Waals surface area contributed by atoms with Crippen LogP contribution in [-0.4, -0.2) is 6.61 Å². The van der Waals surface area contributed by atoms with Crippen molar-refractivity contribution in [3.05, 3.63) is 6.42 Å². The molecule has 0 aliphatic carbocycles. The summed E-state index contributed by atoms with van der Waals surface area (Å²) in [7, 11) is 0. The average Bonchev–Trinajstić information content (AvgIpc) is 1.82. The van der Waals surface area contributed by atoms with Crippen LogP contribution in [0.4, 0.5) is 0 Å². The molecule has 0 saturated heterocycles. The first kappa shape index (κ1) is 12.9. The van der Waals surface area contributed by atoms with Crippen molar-refractivity contribution in [2.24, 2.45) is 10.8 Å². The first-order valence-electron chi connectivity index (χ1n) is 4.86. The minimum atomic E-state index is 0.00347. The predicted octanol–water partition coefficient (Wildman–Crippen LogP) is 3.41. The van der Waals surface area contributed by atoms with E-state index in [-0.39, 0.29) is 10.8 Å². The van der Waals surface area contributed by atoms with Gasteiger partial charge in [-0.05, 0) is 35.3 Å². The van der Waals surface area contributed by atoms with Crippen LogP contribution in [0.5, 0.6) is 0 Å². The Balaban J connectivity index is 3.63. The van der Waals surface area contributed by atoms with Gasteiger partial charge in [0.15, 0.2) is 0 Å². The SMILES string of the molecule is CC(C)(C)[CH]CCC(C)(C)CO[O]. The molecule has 0 unspecified atom stereocenters. The molecule has 0 aliphatic heterocycles. The summed E-state index contributed by atoms with van der Waals surface area (Å²) in [5, 5.41) is 10.00. The van der Waals surface area contributed by atoms with Crippen molar-refractivity contribution in [1.29, 1.82) is 0 Å². The van der Waals surface area contributed by atoms with Gasteiger partial charge in [0.2, 0.25) is 0 Å². The lowest BCUT2D eigenvalue weighted by atomic mass is 9.83. The highest BCUT2D eigenvalue weighted by Crippen LogP contribution is 2.27. The molecule has 2 radical (unpaired) electrons. The maximum absolute atomic E-state index is 10.00. The molecule has 0 spiro atoms. The van der Waals surface area contributed by atoms with Crippen molar-refractivity contribution >= 4 is 0 Å². The molecule has 0 amide bonds. The van der Waals surface area contributed by atoms with Crippen molar-refractivity contribution in [1.82, 2.24) is 0 Å². The van der Waals surface area contributed by atoms with Gasteiger partial charge in [0, 0.05) is 0 Å². The summed E-state index contributed by atoms with van der Waals surface area (Å²) in [5.41, 5.74) is 0.276. The van der Waals surface area contributed by atoms with E-state index in [1.54, 1.807) is 0 Å². The number of hydrogen-bond acceptors (Lipinski definition) is 1. The van der Waals surface area contributed by atoms with Gasteiger partial charge in [0.25, 0.3) is 0 Å². The Hall–Kier alpha value is -0.0800. The van der Waals surface area contributed by atoms with E-state index in [4.69, 9.17) is 0 Å². The topological polar surface area (TPSA) is 29.1 Å². The lowest BCUT2D eigenvalue weighted by molar-refractivity contribution is -0.317. The van der Waals surface area contributed by atoms with Gasteiger partial charge in [-0.15, -0.1) is 0 Å². The van der Waals surface area contributed by atoms with E-state index >= 15 is 0 Å². The molecule has 0 heterocycles. The molecule has 0 N–H and O–H groups in total. The fourth-order valence-electron chi connectivity index (χ4n) is 1.13. The molecular weight excluding hydrogens is 164 g/mol. The second kappa shape index (κ2) is 4.97. The Morgan fingerprint density at radius 2 is 1.69 bits per heavy atom. The van der Waals surface area contributed by atoms with Gasteiger partial charge in [0.05, 0.1) is 6.61 Å². The first-order chi connectivity index (χ1) is 5.77. The van der Waals surface area contributed by atoms with Gasteiger partial charge < -0.3 is 0 Å². The Labute approximate surface area is 82.2 Å². The molecule has 0 bridgehead atoms. The highest BCUT2D eigenvalue weighted by Gasteiger charge is 2.20. The van der Waals surface area contributed by atoms with Crippen LogP contribution in [0.25, 0.3) is 0 Å². The zero-order chi connectivity index (χ0) is 10.5. The lowest BCUT2D eigenvalue weighted by Gasteiger charge is -2.24. The number of hydrogen-bond donors (Lipinski definition) is 0. The van der Waals surface area contributed by atoms with E-state index in [0.29, 0.717) is 6.61 Å². The second-order valence-corrected chi connectivity index (χ2v) is 5.54. The van der Waals surface area contributed by atoms with Crippen LogP contribution in [0.3, 0.4) is 0 Å². The molecule has 0 rings (SSSR count). The lowest BCUT2D eigenvalue weighted by Crippen LogP contribution is -2.19. The monoisotopic (exact) mass is 186 g/mol. The highest BCUT2D eigenvalue weighted by molar-refractivity contribution is 4.82. The van der Waals surface area contributed by atoms with Crippen LogP contribution in [0.2, 0.25) is 0 Å². The zero-order valence-electron chi connectivity index (χ0n) is 9.52. The second-order valence-electron chi connectivity index (χ2n) is 5.54. The standard InChI is InChI=1S/C11H22O2/c1-10(2,3)7-6-8-11(4,5)9-13-12/h7H,6,8-9H2,1-5H3. The van der Waals surface area contributed by atoms with Crippen molar-refractivity contribution in [3.63, 3.8) is 0 Å². The highest BCUT2D eigenvalue weighted by atomic mass is 17.1. The summed E-state index contributed by atoms with van der Waals surface area (Å²) in [4.78, 5) is 3.93. The predicted molar refractivity (Wildman–Crippen MR) is 53.4 cm³/mol. The molecule has 2 nitrogen and oxygen atoms in total. The van der Waals surface area contributed by atoms with Gasteiger partial charge >= 0.3 is 0 Å². The Kier molecular flexibility index (Phi) is 4.93. The van der Waals surface area contributed by atoms with Crippen LogP contribution in [0, 0.1) is 17.3 Å². The maximum Gasteiger partial charge on any atom is 0.0905 e. The van der Waals surface area contributed by atoms with Gasteiger partial charge in [-0.25, -0.2) is 4.89 Å². The van der Waals surface area contributed by atoms with Gasteiger partial charge in [-0.1, -0.05) is 34.6 Å². The molecule has 0 saturated carbocycles. The summed E-state index contributed by atoms with van der Waals surface area (Å²) >= 11 is 0. The molecule has 0 aromatic carbocycles. The third-order valence-electron chi connectivity index (χ3n) is 2.03. The quantitative estimate of drug-likeness (QED) is 0.478. The molecule has 2 heteroatoms. The molecule has 78 valence electrons. The summed E-state index contributed by atoms with van der Waals surface area (Å²) in [5.74, 6) is 0. The van der Waals surface area contributed by atoms with Crippen LogP contribution < -0.4 is 0 Å². The smallest absolute Gasteiger partial charge is 0.0905 e. The van der Waals surface area contributed by atoms with Crippen molar-refractivity contribution in [2.45, 2.75) is 47.5 Å². The van der Waals surface area contributed by atoms with Gasteiger partial charge in [0.1, 0.15) is 0 Å². The van der Waals surface area contributed by atoms with Gasteiger partial charge in [-0.3, -0.25) is 0 Å². The fourth-order valence-corrected chi connectivity index (χ4v) is 1.13. The molecule has 13 heavy (non-hydrogen) atoms. The van der Waals surface area contributed by atoms with E-state index in [2.05, 4.69) is 45.9 Å². The Bertz CT molecular complexity index is 134. The molecule has 0 atom stereocenters. The molecule has 0 fully saturated rings. The first-order valence-corrected chi connectivity index (χ1v) is 4.86. The summed E-state index contributed by atoms with van der Waals surface area (Å²) in [6, 6.07) is 0. The summed E-state index contributed by atoms with van der Waals surface area (Å²) < 4.78 is 0. The molecular formula is C11H22O2. The van der Waals surface area contributed by atoms with Crippen LogP contribution in [0.1, 0.15) is 47.5 Å². The van der Waals surface area contributed by atoms with Crippen molar-refractivity contribution < 1.29 is 10.1 Å². The summed E-state index contributed by atoms with van der Waals surface area (Å²) in [6.07, 6.45) is 4.34. The minimum Gasteiger partial charge on any atom is -0.203 e. The normalized spacial score (nSPS) is 13.4. The molecule has 0 aromatic heterocycles. The molecule has 0 aliphatic rings. The van der Waals surface area contributed by atoms with Crippen LogP contribution in [-0.2, 0) is 10.1 Å². The third-order valence-corrected chi connectivity index (χ3v) is 2.03. The minimum absolute atomic E-state index is 0.00347. The van der Waals surface area contributed by atoms with Crippen molar-refractivity contribution in [2.75, 3.05) is 6.61 Å². The summed E-state index contributed by atoms with van der Waals surface area (Å²) in [6.45, 7) is 11.0. The largest absolute Gasteiger partial charge is 0.203 e. The number of rotatable bonds is 5. The van der Waals surface area contributed by atoms with E-state index in [9.17, 15) is 5.26 Å². The maximum atomic E-state index is 10.00. The Morgan fingerprint density at radius 3 is 2.08 bits per heavy atom. The van der Waals surface area contributed by atoms with Crippen molar-refractivity contribution in [3.8, 4) is 0 Å². The van der Waals surface area contributed by atoms with E-state index in [0.717, 1.165) is 12.8 Å². The van der Waals surface area contributed by atoms with Crippen LogP contribution >= 0.6 is 0 Å². The molecule has 0 aromatic rings. The third kappa shape index (κ3) is 8.26. The Morgan fingerprint density at radius 1 is 1.15 bits per heavy atom. The zero-order valence-corrected chi connectivity index (χ0v) is 9.52.